The van der Waals surface area contributed by atoms with Gasteiger partial charge in [0, 0.05) is 5.56 Å². The highest BCUT2D eigenvalue weighted by Gasteiger charge is 2.15. The molecule has 3 N–H and O–H groups in total. The Hall–Kier alpha value is -3.95. The summed E-state index contributed by atoms with van der Waals surface area (Å²) < 4.78 is 6.63. The Balaban J connectivity index is 1.78. The first kappa shape index (κ1) is 23.7. The number of carbonyl (C=O) groups excluding carboxylic acids is 2. The van der Waals surface area contributed by atoms with Gasteiger partial charge in [-0.05, 0) is 64.0 Å². The normalized spacial score (nSPS) is 10.9. The third kappa shape index (κ3) is 7.30. The average Bonchev–Trinajstić information content (AvgIpc) is 2.81. The minimum atomic E-state index is -1.25. The van der Waals surface area contributed by atoms with E-state index < -0.39 is 24.4 Å². The van der Waals surface area contributed by atoms with Gasteiger partial charge in [0.05, 0.1) is 4.47 Å². The van der Waals surface area contributed by atoms with E-state index in [0.717, 1.165) is 4.47 Å². The summed E-state index contributed by atoms with van der Waals surface area (Å²) in [6.45, 7) is -0.729. The Labute approximate surface area is 197 Å². The SMILES string of the molecule is O=C(O)CONC(=O)/C(=C/c1ccc(Oc2ccccc2Br)cc1)NC(=O)c1ccccc1. The number of hydrogen-bond donors (Lipinski definition) is 3. The summed E-state index contributed by atoms with van der Waals surface area (Å²) in [4.78, 5) is 40.3. The lowest BCUT2D eigenvalue weighted by Gasteiger charge is -2.11. The number of hydrogen-bond acceptors (Lipinski definition) is 5. The van der Waals surface area contributed by atoms with Crippen LogP contribution in [0.4, 0.5) is 0 Å². The number of para-hydroxylation sites is 1. The van der Waals surface area contributed by atoms with E-state index >= 15 is 0 Å². The van der Waals surface area contributed by atoms with E-state index in [1.54, 1.807) is 54.6 Å². The number of halogens is 1. The molecular formula is C24H19BrN2O6. The van der Waals surface area contributed by atoms with E-state index in [4.69, 9.17) is 9.84 Å². The number of carboxylic acid groups (broad SMARTS) is 1. The largest absolute Gasteiger partial charge is 0.479 e. The highest BCUT2D eigenvalue weighted by Crippen LogP contribution is 2.29. The Morgan fingerprint density at radius 2 is 1.58 bits per heavy atom. The van der Waals surface area contributed by atoms with Crippen LogP contribution < -0.4 is 15.5 Å². The Morgan fingerprint density at radius 1 is 0.909 bits per heavy atom. The van der Waals surface area contributed by atoms with Crippen molar-refractivity contribution in [1.29, 1.82) is 0 Å². The zero-order chi connectivity index (χ0) is 23.6. The molecule has 3 aromatic carbocycles. The maximum Gasteiger partial charge on any atom is 0.332 e. The number of hydroxylamine groups is 1. The van der Waals surface area contributed by atoms with Gasteiger partial charge >= 0.3 is 5.97 Å². The van der Waals surface area contributed by atoms with Crippen LogP contribution in [0.2, 0.25) is 0 Å². The van der Waals surface area contributed by atoms with Crippen LogP contribution in [0.5, 0.6) is 11.5 Å². The minimum absolute atomic E-state index is 0.131. The van der Waals surface area contributed by atoms with Crippen molar-refractivity contribution in [2.24, 2.45) is 0 Å². The summed E-state index contributed by atoms with van der Waals surface area (Å²) in [7, 11) is 0. The predicted octanol–water partition coefficient (Wildman–Crippen LogP) is 4.14. The average molecular weight is 511 g/mol. The summed E-state index contributed by atoms with van der Waals surface area (Å²) in [6, 6.07) is 22.6. The number of benzene rings is 3. The summed E-state index contributed by atoms with van der Waals surface area (Å²) in [5.41, 5.74) is 2.81. The molecule has 0 aliphatic carbocycles. The fourth-order valence-electron chi connectivity index (χ4n) is 2.61. The number of aliphatic carboxylic acids is 1. The van der Waals surface area contributed by atoms with Crippen LogP contribution in [0.1, 0.15) is 15.9 Å². The second-order valence-electron chi connectivity index (χ2n) is 6.59. The molecule has 0 aliphatic rings. The van der Waals surface area contributed by atoms with E-state index in [0.29, 0.717) is 22.6 Å². The summed E-state index contributed by atoms with van der Waals surface area (Å²) in [6.07, 6.45) is 1.43. The lowest BCUT2D eigenvalue weighted by Crippen LogP contribution is -2.35. The van der Waals surface area contributed by atoms with Crippen molar-refractivity contribution in [2.45, 2.75) is 0 Å². The molecule has 0 saturated heterocycles. The third-order valence-electron chi connectivity index (χ3n) is 4.14. The zero-order valence-electron chi connectivity index (χ0n) is 17.2. The van der Waals surface area contributed by atoms with E-state index in [1.165, 1.54) is 6.08 Å². The van der Waals surface area contributed by atoms with Crippen LogP contribution in [0, 0.1) is 0 Å². The van der Waals surface area contributed by atoms with Gasteiger partial charge < -0.3 is 15.2 Å². The molecule has 0 aromatic heterocycles. The highest BCUT2D eigenvalue weighted by atomic mass is 79.9. The molecule has 0 atom stereocenters. The zero-order valence-corrected chi connectivity index (χ0v) is 18.7. The van der Waals surface area contributed by atoms with Crippen molar-refractivity contribution in [3.63, 3.8) is 0 Å². The van der Waals surface area contributed by atoms with Crippen LogP contribution in [0.25, 0.3) is 6.08 Å². The van der Waals surface area contributed by atoms with Gasteiger partial charge in [-0.2, -0.15) is 0 Å². The van der Waals surface area contributed by atoms with Crippen LogP contribution in [-0.4, -0.2) is 29.5 Å². The number of carbonyl (C=O) groups is 3. The van der Waals surface area contributed by atoms with Gasteiger partial charge in [-0.3, -0.25) is 14.4 Å². The van der Waals surface area contributed by atoms with Gasteiger partial charge in [0.2, 0.25) is 0 Å². The molecule has 3 aromatic rings. The first-order chi connectivity index (χ1) is 15.9. The quantitative estimate of drug-likeness (QED) is 0.294. The number of carboxylic acids is 1. The first-order valence-electron chi connectivity index (χ1n) is 9.67. The molecule has 2 amide bonds. The molecule has 3 rings (SSSR count). The van der Waals surface area contributed by atoms with E-state index in [2.05, 4.69) is 26.1 Å². The minimum Gasteiger partial charge on any atom is -0.479 e. The third-order valence-corrected chi connectivity index (χ3v) is 4.80. The van der Waals surface area contributed by atoms with Crippen molar-refractivity contribution in [3.8, 4) is 11.5 Å². The van der Waals surface area contributed by atoms with Crippen LogP contribution in [0.3, 0.4) is 0 Å². The monoisotopic (exact) mass is 510 g/mol. The molecule has 8 nitrogen and oxygen atoms in total. The lowest BCUT2D eigenvalue weighted by molar-refractivity contribution is -0.148. The molecule has 9 heteroatoms. The molecule has 168 valence electrons. The van der Waals surface area contributed by atoms with Gasteiger partial charge in [-0.25, -0.2) is 10.3 Å². The standard InChI is InChI=1S/C24H19BrN2O6/c25-19-8-4-5-9-21(19)33-18-12-10-16(11-13-18)14-20(24(31)27-32-15-22(28)29)26-23(30)17-6-2-1-3-7-17/h1-14H,15H2,(H,26,30)(H,27,31)(H,28,29)/b20-14-. The molecule has 33 heavy (non-hydrogen) atoms. The van der Waals surface area contributed by atoms with Crippen molar-refractivity contribution in [1.82, 2.24) is 10.8 Å². The van der Waals surface area contributed by atoms with Gasteiger partial charge in [0.15, 0.2) is 6.61 Å². The fraction of sp³-hybridized carbons (Fsp3) is 0.0417. The topological polar surface area (TPSA) is 114 Å². The van der Waals surface area contributed by atoms with Gasteiger partial charge in [0.25, 0.3) is 11.8 Å². The molecule has 0 radical (unpaired) electrons. The summed E-state index contributed by atoms with van der Waals surface area (Å²) >= 11 is 3.42. The van der Waals surface area contributed by atoms with Crippen molar-refractivity contribution < 1.29 is 29.1 Å². The van der Waals surface area contributed by atoms with Crippen molar-refractivity contribution in [3.05, 3.63) is 100 Å². The number of rotatable bonds is 9. The number of nitrogens with one attached hydrogen (secondary N) is 2. The number of ether oxygens (including phenoxy) is 1. The molecule has 0 bridgehead atoms. The first-order valence-corrected chi connectivity index (χ1v) is 10.5. The maximum absolute atomic E-state index is 12.5. The number of amides is 2. The predicted molar refractivity (Wildman–Crippen MR) is 124 cm³/mol. The molecule has 0 heterocycles. The Bertz CT molecular complexity index is 1160. The van der Waals surface area contributed by atoms with Crippen molar-refractivity contribution >= 4 is 39.8 Å². The fourth-order valence-corrected chi connectivity index (χ4v) is 2.98. The molecular weight excluding hydrogens is 492 g/mol. The van der Waals surface area contributed by atoms with E-state index in [9.17, 15) is 14.4 Å². The Kier molecular flexibility index (Phi) is 8.34. The van der Waals surface area contributed by atoms with E-state index in [-0.39, 0.29) is 5.70 Å². The Morgan fingerprint density at radius 3 is 2.24 bits per heavy atom. The van der Waals surface area contributed by atoms with Gasteiger partial charge in [0.1, 0.15) is 17.2 Å². The molecule has 0 spiro atoms. The maximum atomic E-state index is 12.5. The summed E-state index contributed by atoms with van der Waals surface area (Å²) in [5.74, 6) is -1.36. The van der Waals surface area contributed by atoms with E-state index in [1.807, 2.05) is 29.7 Å². The molecule has 0 unspecified atom stereocenters. The van der Waals surface area contributed by atoms with Gasteiger partial charge in [-0.15, -0.1) is 0 Å². The van der Waals surface area contributed by atoms with Crippen LogP contribution in [-0.2, 0) is 14.4 Å². The smallest absolute Gasteiger partial charge is 0.332 e. The highest BCUT2D eigenvalue weighted by molar-refractivity contribution is 9.10. The lowest BCUT2D eigenvalue weighted by atomic mass is 10.1. The van der Waals surface area contributed by atoms with Crippen molar-refractivity contribution in [2.75, 3.05) is 6.61 Å². The van der Waals surface area contributed by atoms with Gasteiger partial charge in [-0.1, -0.05) is 42.5 Å². The van der Waals surface area contributed by atoms with Crippen LogP contribution >= 0.6 is 15.9 Å². The molecule has 0 fully saturated rings. The second kappa shape index (κ2) is 11.6. The molecule has 0 aliphatic heterocycles. The second-order valence-corrected chi connectivity index (χ2v) is 7.45. The molecule has 0 saturated carbocycles. The van der Waals surface area contributed by atoms with Crippen LogP contribution in [0.15, 0.2) is 89.0 Å². The summed E-state index contributed by atoms with van der Waals surface area (Å²) in [5, 5.41) is 11.2.